The molecule has 0 amide bonds. The first kappa shape index (κ1) is 30.3. The number of likely N-dealkylation sites (N-methyl/N-ethyl adjacent to an activating group) is 1. The summed E-state index contributed by atoms with van der Waals surface area (Å²) >= 11 is 0. The Morgan fingerprint density at radius 1 is 0.911 bits per heavy atom. The molecular formula is C36H35NO8. The Bertz CT molecular complexity index is 1850. The lowest BCUT2D eigenvalue weighted by molar-refractivity contribution is -0.146. The fourth-order valence-electron chi connectivity index (χ4n) is 6.77. The molecule has 1 aliphatic carbocycles. The van der Waals surface area contributed by atoms with Gasteiger partial charge in [0.1, 0.15) is 23.4 Å². The van der Waals surface area contributed by atoms with Crippen molar-refractivity contribution in [2.24, 2.45) is 0 Å². The second kappa shape index (κ2) is 11.6. The third kappa shape index (κ3) is 4.92. The number of rotatable bonds is 6. The molecule has 232 valence electrons. The molecular weight excluding hydrogens is 574 g/mol. The number of benzene rings is 4. The third-order valence-corrected chi connectivity index (χ3v) is 8.92. The van der Waals surface area contributed by atoms with E-state index in [-0.39, 0.29) is 50.9 Å². The molecule has 1 fully saturated rings. The standard InChI is InChI=1S/C36H35NO8/c1-18-15-21-16-25(43-6)30-31(32(38)22-13-10-14-24(42-5)29(22)34(30)40)28(21)33(39)27(18)26-17-23(37(3)4)35(19(2)44-26)45-36(41)20-11-8-7-9-12-20/h7-16,19,23,26,35,39H,17H2,1-6H3/t19-,23+,26-,35-/m1/s1. The highest BCUT2D eigenvalue weighted by atomic mass is 16.6. The summed E-state index contributed by atoms with van der Waals surface area (Å²) in [6.45, 7) is 3.71. The Morgan fingerprint density at radius 2 is 1.62 bits per heavy atom. The van der Waals surface area contributed by atoms with Gasteiger partial charge in [-0.1, -0.05) is 36.4 Å². The van der Waals surface area contributed by atoms with Gasteiger partial charge in [-0.05, 0) is 69.6 Å². The van der Waals surface area contributed by atoms with Crippen molar-refractivity contribution in [3.8, 4) is 17.2 Å². The molecule has 1 aliphatic heterocycles. The summed E-state index contributed by atoms with van der Waals surface area (Å²) in [4.78, 5) is 43.0. The highest BCUT2D eigenvalue weighted by Crippen LogP contribution is 2.48. The highest BCUT2D eigenvalue weighted by molar-refractivity contribution is 6.34. The Hall–Kier alpha value is -4.73. The normalized spacial score (nSPS) is 21.0. The van der Waals surface area contributed by atoms with Crippen LogP contribution in [0.25, 0.3) is 10.8 Å². The topological polar surface area (TPSA) is 112 Å². The van der Waals surface area contributed by atoms with Gasteiger partial charge in [0.15, 0.2) is 5.78 Å². The number of hydrogen-bond donors (Lipinski definition) is 1. The predicted molar refractivity (Wildman–Crippen MR) is 168 cm³/mol. The van der Waals surface area contributed by atoms with Crippen LogP contribution in [0.3, 0.4) is 0 Å². The van der Waals surface area contributed by atoms with Gasteiger partial charge in [-0.2, -0.15) is 0 Å². The van der Waals surface area contributed by atoms with Crippen molar-refractivity contribution in [3.63, 3.8) is 0 Å². The summed E-state index contributed by atoms with van der Waals surface area (Å²) in [6, 6.07) is 17.0. The van der Waals surface area contributed by atoms with Crippen molar-refractivity contribution in [2.75, 3.05) is 28.3 Å². The van der Waals surface area contributed by atoms with Crippen molar-refractivity contribution in [1.82, 2.24) is 4.90 Å². The molecule has 0 unspecified atom stereocenters. The highest BCUT2D eigenvalue weighted by Gasteiger charge is 2.43. The SMILES string of the molecule is COc1cccc2c1C(=O)c1c(OC)cc3cc(C)c([C@H]4C[C@H](N(C)C)[C@H](OC(=O)c5ccccc5)[C@@H](C)O4)c(O)c3c1C2=O. The Labute approximate surface area is 261 Å². The van der Waals surface area contributed by atoms with Gasteiger partial charge in [-0.25, -0.2) is 4.79 Å². The predicted octanol–water partition coefficient (Wildman–Crippen LogP) is 5.65. The van der Waals surface area contributed by atoms with Crippen LogP contribution >= 0.6 is 0 Å². The summed E-state index contributed by atoms with van der Waals surface area (Å²) < 4.78 is 23.5. The van der Waals surface area contributed by atoms with E-state index in [2.05, 4.69) is 0 Å². The summed E-state index contributed by atoms with van der Waals surface area (Å²) in [5.41, 5.74) is 2.22. The lowest BCUT2D eigenvalue weighted by atomic mass is 9.79. The van der Waals surface area contributed by atoms with Gasteiger partial charge in [0.2, 0.25) is 5.78 Å². The molecule has 0 bridgehead atoms. The molecule has 1 N–H and O–H groups in total. The van der Waals surface area contributed by atoms with Gasteiger partial charge in [0, 0.05) is 22.1 Å². The number of aromatic hydroxyl groups is 1. The number of esters is 1. The first-order valence-electron chi connectivity index (χ1n) is 14.8. The number of phenols is 1. The number of aryl methyl sites for hydroxylation is 1. The number of carbonyl (C=O) groups excluding carboxylic acids is 3. The number of hydrogen-bond acceptors (Lipinski definition) is 9. The molecule has 0 radical (unpaired) electrons. The smallest absolute Gasteiger partial charge is 0.338 e. The van der Waals surface area contributed by atoms with Gasteiger partial charge in [0.05, 0.1) is 49.2 Å². The molecule has 4 atom stereocenters. The molecule has 4 aromatic carbocycles. The van der Waals surface area contributed by atoms with E-state index in [4.69, 9.17) is 18.9 Å². The van der Waals surface area contributed by atoms with Gasteiger partial charge < -0.3 is 29.0 Å². The Balaban J connectivity index is 1.45. The van der Waals surface area contributed by atoms with Crippen LogP contribution in [0.4, 0.5) is 0 Å². The maximum atomic E-state index is 14.1. The summed E-state index contributed by atoms with van der Waals surface area (Å²) in [6.07, 6.45) is -1.29. The van der Waals surface area contributed by atoms with Crippen LogP contribution in [-0.4, -0.2) is 74.1 Å². The zero-order valence-electron chi connectivity index (χ0n) is 26.0. The number of carbonyl (C=O) groups is 3. The van der Waals surface area contributed by atoms with Crippen molar-refractivity contribution in [2.45, 2.75) is 44.6 Å². The van der Waals surface area contributed by atoms with E-state index >= 15 is 0 Å². The molecule has 1 saturated heterocycles. The summed E-state index contributed by atoms with van der Waals surface area (Å²) in [5.74, 6) is -0.885. The Kier molecular flexibility index (Phi) is 7.84. The summed E-state index contributed by atoms with van der Waals surface area (Å²) in [5, 5.41) is 12.8. The molecule has 0 spiro atoms. The average molecular weight is 610 g/mol. The number of methoxy groups -OCH3 is 2. The number of fused-ring (bicyclic) bond motifs is 4. The fraction of sp³-hybridized carbons (Fsp3) is 0.306. The van der Waals surface area contributed by atoms with Crippen molar-refractivity contribution in [1.29, 1.82) is 0 Å². The minimum Gasteiger partial charge on any atom is -0.507 e. The average Bonchev–Trinajstić information content (AvgIpc) is 3.03. The first-order valence-corrected chi connectivity index (χ1v) is 14.8. The molecule has 45 heavy (non-hydrogen) atoms. The molecule has 0 aromatic heterocycles. The minimum absolute atomic E-state index is 0.0779. The lowest BCUT2D eigenvalue weighted by Gasteiger charge is -2.43. The van der Waals surface area contributed by atoms with E-state index in [1.165, 1.54) is 14.2 Å². The van der Waals surface area contributed by atoms with Gasteiger partial charge >= 0.3 is 5.97 Å². The van der Waals surface area contributed by atoms with Gasteiger partial charge in [0.25, 0.3) is 0 Å². The lowest BCUT2D eigenvalue weighted by Crippen LogP contribution is -2.52. The van der Waals surface area contributed by atoms with Crippen molar-refractivity contribution >= 4 is 28.3 Å². The Morgan fingerprint density at radius 3 is 2.29 bits per heavy atom. The van der Waals surface area contributed by atoms with Crippen LogP contribution in [0.2, 0.25) is 0 Å². The van der Waals surface area contributed by atoms with Crippen LogP contribution in [0, 0.1) is 6.92 Å². The number of nitrogens with zero attached hydrogens (tertiary/aromatic N) is 1. The number of phenolic OH excluding ortho intramolecular Hbond substituents is 1. The largest absolute Gasteiger partial charge is 0.507 e. The van der Waals surface area contributed by atoms with E-state index < -0.39 is 35.8 Å². The molecule has 2 aliphatic rings. The van der Waals surface area contributed by atoms with E-state index in [0.717, 1.165) is 5.56 Å². The van der Waals surface area contributed by atoms with Crippen LogP contribution < -0.4 is 9.47 Å². The van der Waals surface area contributed by atoms with Crippen molar-refractivity contribution in [3.05, 3.63) is 99.6 Å². The van der Waals surface area contributed by atoms with E-state index in [1.807, 2.05) is 45.0 Å². The maximum absolute atomic E-state index is 14.1. The number of ether oxygens (including phenoxy) is 4. The molecule has 9 heteroatoms. The van der Waals surface area contributed by atoms with Crippen LogP contribution in [0.1, 0.15) is 72.8 Å². The molecule has 4 aromatic rings. The van der Waals surface area contributed by atoms with Gasteiger partial charge in [-0.15, -0.1) is 0 Å². The second-order valence-corrected chi connectivity index (χ2v) is 11.8. The first-order chi connectivity index (χ1) is 21.6. The monoisotopic (exact) mass is 609 g/mol. The summed E-state index contributed by atoms with van der Waals surface area (Å²) in [7, 11) is 6.71. The van der Waals surface area contributed by atoms with Crippen molar-refractivity contribution < 1.29 is 38.4 Å². The third-order valence-electron chi connectivity index (χ3n) is 8.92. The van der Waals surface area contributed by atoms with Crippen LogP contribution in [0.15, 0.2) is 60.7 Å². The zero-order valence-corrected chi connectivity index (χ0v) is 26.0. The fourth-order valence-corrected chi connectivity index (χ4v) is 6.77. The number of ketones is 2. The molecule has 1 heterocycles. The van der Waals surface area contributed by atoms with E-state index in [1.54, 1.807) is 48.5 Å². The van der Waals surface area contributed by atoms with Crippen LogP contribution in [-0.2, 0) is 9.47 Å². The second-order valence-electron chi connectivity index (χ2n) is 11.8. The minimum atomic E-state index is -0.594. The zero-order chi connectivity index (χ0) is 32.2. The quantitative estimate of drug-likeness (QED) is 0.244. The van der Waals surface area contributed by atoms with Gasteiger partial charge in [-0.3, -0.25) is 9.59 Å². The maximum Gasteiger partial charge on any atom is 0.338 e. The molecule has 0 saturated carbocycles. The van der Waals surface area contributed by atoms with Crippen LogP contribution in [0.5, 0.6) is 17.2 Å². The van der Waals surface area contributed by atoms with E-state index in [9.17, 15) is 19.5 Å². The van der Waals surface area contributed by atoms with E-state index in [0.29, 0.717) is 22.9 Å². The molecule has 6 rings (SSSR count). The molecule has 9 nitrogen and oxygen atoms in total.